The molecule has 0 unspecified atom stereocenters. The zero-order valence-electron chi connectivity index (χ0n) is 3.94. The van der Waals surface area contributed by atoms with Gasteiger partial charge in [-0.25, -0.2) is 0 Å². The molecule has 0 aliphatic carbocycles. The summed E-state index contributed by atoms with van der Waals surface area (Å²) in [4.78, 5) is 0. The Bertz CT molecular complexity index is 27.2. The van der Waals surface area contributed by atoms with Gasteiger partial charge in [0, 0.05) is 6.61 Å². The molecule has 7 heavy (non-hydrogen) atoms. The van der Waals surface area contributed by atoms with Crippen molar-refractivity contribution >= 4 is 61.1 Å². The summed E-state index contributed by atoms with van der Waals surface area (Å²) in [5, 5.41) is 0. The average Bonchev–Trinajstić information content (AvgIpc) is 1.72. The summed E-state index contributed by atoms with van der Waals surface area (Å²) >= 11 is 0. The van der Waals surface area contributed by atoms with Crippen LogP contribution in [0.2, 0.25) is 6.04 Å². The van der Waals surface area contributed by atoms with E-state index in [0.717, 1.165) is 6.61 Å². The van der Waals surface area contributed by atoms with Crippen LogP contribution in [-0.4, -0.2) is 67.8 Å². The molecule has 3 heteroatoms. The van der Waals surface area contributed by atoms with Crippen molar-refractivity contribution in [3.63, 3.8) is 0 Å². The van der Waals surface area contributed by atoms with Crippen molar-refractivity contribution in [1.29, 1.82) is 0 Å². The topological polar surface area (TPSA) is 9.23 Å². The molecule has 1 aliphatic heterocycles. The van der Waals surface area contributed by atoms with E-state index in [-0.39, 0.29) is 61.1 Å². The molecule has 38 valence electrons. The molecule has 0 aromatic rings. The van der Waals surface area contributed by atoms with Gasteiger partial charge in [-0.15, -0.1) is 0 Å². The van der Waals surface area contributed by atoms with Gasteiger partial charge in [0.05, 0.1) is 0 Å². The van der Waals surface area contributed by atoms with E-state index >= 15 is 0 Å². The van der Waals surface area contributed by atoms with Crippen LogP contribution < -0.4 is 0 Å². The van der Waals surface area contributed by atoms with Crippen LogP contribution in [0.25, 0.3) is 0 Å². The SMILES string of the molecule is C1CC[SiH2]OC1.[KH]. The van der Waals surface area contributed by atoms with E-state index in [1.165, 1.54) is 18.9 Å². The molecule has 0 saturated carbocycles. The van der Waals surface area contributed by atoms with Crippen LogP contribution in [0.3, 0.4) is 0 Å². The molecular weight excluding hydrogens is 131 g/mol. The minimum absolute atomic E-state index is 0. The molecule has 0 aromatic carbocycles. The Labute approximate surface area is 89.6 Å². The van der Waals surface area contributed by atoms with E-state index in [1.807, 2.05) is 0 Å². The number of rotatable bonds is 0. The van der Waals surface area contributed by atoms with Crippen molar-refractivity contribution in [3.8, 4) is 0 Å². The molecule has 1 rings (SSSR count). The standard InChI is InChI=1S/C4H10OSi.K.H/c1-2-4-6-5-3-1;;/h1-4,6H2;;. The molecule has 0 radical (unpaired) electrons. The molecule has 1 saturated heterocycles. The first-order valence-electron chi connectivity index (χ1n) is 2.58. The Morgan fingerprint density at radius 3 is 2.29 bits per heavy atom. The van der Waals surface area contributed by atoms with Gasteiger partial charge < -0.3 is 4.43 Å². The Balaban J connectivity index is 0.000000360. The first-order valence-corrected chi connectivity index (χ1v) is 4.15. The fraction of sp³-hybridized carbons (Fsp3) is 1.00. The van der Waals surface area contributed by atoms with Gasteiger partial charge >= 0.3 is 51.4 Å². The third-order valence-corrected chi connectivity index (χ3v) is 2.44. The zero-order chi connectivity index (χ0) is 4.24. The average molecular weight is 142 g/mol. The van der Waals surface area contributed by atoms with Gasteiger partial charge in [0.25, 0.3) is 0 Å². The van der Waals surface area contributed by atoms with E-state index in [4.69, 9.17) is 4.43 Å². The van der Waals surface area contributed by atoms with Crippen LogP contribution in [0.15, 0.2) is 0 Å². The summed E-state index contributed by atoms with van der Waals surface area (Å²) in [5.41, 5.74) is 0. The predicted molar refractivity (Wildman–Crippen MR) is 35.7 cm³/mol. The fourth-order valence-corrected chi connectivity index (χ4v) is 1.86. The van der Waals surface area contributed by atoms with Crippen molar-refractivity contribution in [2.75, 3.05) is 6.61 Å². The van der Waals surface area contributed by atoms with Crippen LogP contribution in [0.4, 0.5) is 0 Å². The second-order valence-electron chi connectivity index (χ2n) is 1.67. The summed E-state index contributed by atoms with van der Waals surface area (Å²) in [7, 11) is 0.00849. The van der Waals surface area contributed by atoms with Gasteiger partial charge in [-0.3, -0.25) is 0 Å². The molecule has 1 nitrogen and oxygen atoms in total. The Kier molecular flexibility index (Phi) is 7.48. The predicted octanol–water partition coefficient (Wildman–Crippen LogP) is -0.350. The van der Waals surface area contributed by atoms with Crippen LogP contribution >= 0.6 is 0 Å². The first kappa shape index (κ1) is 8.81. The summed E-state index contributed by atoms with van der Waals surface area (Å²) in [6.45, 7) is 1.06. The second kappa shape index (κ2) is 5.94. The van der Waals surface area contributed by atoms with Crippen molar-refractivity contribution in [1.82, 2.24) is 0 Å². The van der Waals surface area contributed by atoms with E-state index in [2.05, 4.69) is 0 Å². The van der Waals surface area contributed by atoms with Gasteiger partial charge in [0.1, 0.15) is 0 Å². The van der Waals surface area contributed by atoms with Gasteiger partial charge in [-0.2, -0.15) is 0 Å². The second-order valence-corrected chi connectivity index (χ2v) is 3.20. The number of hydrogen-bond donors (Lipinski definition) is 0. The van der Waals surface area contributed by atoms with Crippen LogP contribution in [-0.2, 0) is 4.43 Å². The van der Waals surface area contributed by atoms with E-state index in [0.29, 0.717) is 0 Å². The Hall–Kier alpha value is 1.81. The molecule has 0 amide bonds. The molecule has 1 fully saturated rings. The van der Waals surface area contributed by atoms with Crippen LogP contribution in [0.1, 0.15) is 12.8 Å². The maximum absolute atomic E-state index is 5.21. The van der Waals surface area contributed by atoms with Crippen LogP contribution in [0, 0.1) is 0 Å². The Morgan fingerprint density at radius 2 is 2.14 bits per heavy atom. The molecule has 0 aromatic heterocycles. The molecule has 0 atom stereocenters. The third kappa shape index (κ3) is 4.33. The molecule has 0 N–H and O–H groups in total. The van der Waals surface area contributed by atoms with E-state index in [1.54, 1.807) is 0 Å². The maximum atomic E-state index is 5.21. The van der Waals surface area contributed by atoms with Crippen molar-refractivity contribution in [3.05, 3.63) is 0 Å². The molecule has 1 aliphatic rings. The van der Waals surface area contributed by atoms with Crippen LogP contribution in [0.5, 0.6) is 0 Å². The van der Waals surface area contributed by atoms with E-state index < -0.39 is 0 Å². The van der Waals surface area contributed by atoms with Crippen molar-refractivity contribution < 1.29 is 4.43 Å². The normalized spacial score (nSPS) is 24.0. The van der Waals surface area contributed by atoms with Gasteiger partial charge in [0.2, 0.25) is 0 Å². The molecule has 0 spiro atoms. The van der Waals surface area contributed by atoms with Crippen molar-refractivity contribution in [2.24, 2.45) is 0 Å². The Morgan fingerprint density at radius 1 is 1.29 bits per heavy atom. The fourth-order valence-electron chi connectivity index (χ4n) is 0.687. The van der Waals surface area contributed by atoms with Crippen molar-refractivity contribution in [2.45, 2.75) is 18.9 Å². The molecule has 0 bridgehead atoms. The van der Waals surface area contributed by atoms with Gasteiger partial charge in [0.15, 0.2) is 9.76 Å². The molecule has 1 heterocycles. The summed E-state index contributed by atoms with van der Waals surface area (Å²) in [6, 6.07) is 1.42. The third-order valence-electron chi connectivity index (χ3n) is 1.08. The summed E-state index contributed by atoms with van der Waals surface area (Å²) in [5.74, 6) is 0. The first-order chi connectivity index (χ1) is 3.00. The monoisotopic (exact) mass is 142 g/mol. The summed E-state index contributed by atoms with van der Waals surface area (Å²) in [6.07, 6.45) is 2.75. The zero-order valence-corrected chi connectivity index (χ0v) is 5.36. The summed E-state index contributed by atoms with van der Waals surface area (Å²) < 4.78 is 5.21. The van der Waals surface area contributed by atoms with E-state index in [9.17, 15) is 0 Å². The molecular formula is C4H11KOSi. The minimum atomic E-state index is 0. The number of hydrogen-bond acceptors (Lipinski definition) is 1. The quantitative estimate of drug-likeness (QED) is 0.420. The van der Waals surface area contributed by atoms with Gasteiger partial charge in [-0.05, 0) is 12.5 Å². The van der Waals surface area contributed by atoms with Gasteiger partial charge in [-0.1, -0.05) is 6.42 Å².